The molecule has 0 spiro atoms. The highest BCUT2D eigenvalue weighted by Crippen LogP contribution is 2.49. The van der Waals surface area contributed by atoms with E-state index in [0.717, 1.165) is 17.5 Å². The Morgan fingerprint density at radius 1 is 1.40 bits per heavy atom. The molecule has 1 amide bonds. The van der Waals surface area contributed by atoms with Gasteiger partial charge in [0.25, 0.3) is 0 Å². The van der Waals surface area contributed by atoms with Crippen LogP contribution in [-0.4, -0.2) is 21.7 Å². The number of carbonyl (C=O) groups is 1. The Hall–Kier alpha value is -1.32. The minimum atomic E-state index is -0.232. The monoisotopic (exact) mass is 275 g/mol. The molecule has 1 N–H and O–H groups in total. The van der Waals surface area contributed by atoms with Crippen molar-refractivity contribution < 1.29 is 4.79 Å². The smallest absolute Gasteiger partial charge is 0.244 e. The molecule has 0 aromatic carbocycles. The van der Waals surface area contributed by atoms with Crippen molar-refractivity contribution in [2.75, 3.05) is 0 Å². The maximum atomic E-state index is 12.4. The molecular formula is C16H25N3O. The predicted molar refractivity (Wildman–Crippen MR) is 78.2 cm³/mol. The maximum Gasteiger partial charge on any atom is 0.244 e. The Morgan fingerprint density at radius 2 is 2.20 bits per heavy atom. The van der Waals surface area contributed by atoms with Gasteiger partial charge in [-0.15, -0.1) is 0 Å². The number of nitrogens with zero attached hydrogens (tertiary/aromatic N) is 2. The van der Waals surface area contributed by atoms with Crippen LogP contribution in [-0.2, 0) is 4.79 Å². The first-order valence-corrected chi connectivity index (χ1v) is 7.86. The van der Waals surface area contributed by atoms with E-state index in [9.17, 15) is 4.79 Å². The van der Waals surface area contributed by atoms with E-state index < -0.39 is 0 Å². The SMILES string of the molecule is Cc1ccn([C@H](C)C(=O)N[C@@H](C)[C@@H]2C[C@@H]3CC[C@@H]2C3)n1. The highest BCUT2D eigenvalue weighted by molar-refractivity contribution is 5.80. The average Bonchev–Trinajstić information content (AvgIpc) is 3.13. The summed E-state index contributed by atoms with van der Waals surface area (Å²) in [5.41, 5.74) is 0.950. The van der Waals surface area contributed by atoms with Crippen LogP contribution in [0.15, 0.2) is 12.3 Å². The van der Waals surface area contributed by atoms with Crippen molar-refractivity contribution >= 4 is 5.91 Å². The van der Waals surface area contributed by atoms with E-state index in [0.29, 0.717) is 5.92 Å². The number of aryl methyl sites for hydroxylation is 1. The summed E-state index contributed by atoms with van der Waals surface area (Å²) < 4.78 is 1.75. The van der Waals surface area contributed by atoms with Crippen LogP contribution in [0.5, 0.6) is 0 Å². The highest BCUT2D eigenvalue weighted by atomic mass is 16.2. The van der Waals surface area contributed by atoms with Crippen molar-refractivity contribution in [3.8, 4) is 0 Å². The largest absolute Gasteiger partial charge is 0.352 e. The van der Waals surface area contributed by atoms with Crippen LogP contribution >= 0.6 is 0 Å². The molecule has 0 unspecified atom stereocenters. The Morgan fingerprint density at radius 3 is 2.75 bits per heavy atom. The van der Waals surface area contributed by atoms with Crippen molar-refractivity contribution in [1.29, 1.82) is 0 Å². The van der Waals surface area contributed by atoms with Crippen molar-refractivity contribution in [2.24, 2.45) is 17.8 Å². The van der Waals surface area contributed by atoms with Gasteiger partial charge in [-0.05, 0) is 63.9 Å². The van der Waals surface area contributed by atoms with Gasteiger partial charge in [0.1, 0.15) is 6.04 Å². The number of hydrogen-bond acceptors (Lipinski definition) is 2. The van der Waals surface area contributed by atoms with Crippen molar-refractivity contribution in [3.63, 3.8) is 0 Å². The van der Waals surface area contributed by atoms with E-state index in [-0.39, 0.29) is 18.0 Å². The minimum absolute atomic E-state index is 0.0865. The fourth-order valence-electron chi connectivity index (χ4n) is 4.13. The summed E-state index contributed by atoms with van der Waals surface area (Å²) >= 11 is 0. The summed E-state index contributed by atoms with van der Waals surface area (Å²) in [6, 6.07) is 1.99. The lowest BCUT2D eigenvalue weighted by Crippen LogP contribution is -2.43. The number of aromatic nitrogens is 2. The van der Waals surface area contributed by atoms with E-state index >= 15 is 0 Å². The standard InChI is InChI=1S/C16H25N3O/c1-10-6-7-19(18-10)12(3)16(20)17-11(2)15-9-13-4-5-14(15)8-13/h6-7,11-15H,4-5,8-9H2,1-3H3,(H,17,20)/t11-,12+,13+,14+,15-/m0/s1. The molecule has 3 rings (SSSR count). The van der Waals surface area contributed by atoms with Crippen LogP contribution in [0.2, 0.25) is 0 Å². The second-order valence-electron chi connectivity index (χ2n) is 6.75. The van der Waals surface area contributed by atoms with Crippen molar-refractivity contribution in [3.05, 3.63) is 18.0 Å². The summed E-state index contributed by atoms with van der Waals surface area (Å²) in [5, 5.41) is 7.54. The normalized spacial score (nSPS) is 31.2. The molecule has 2 bridgehead atoms. The van der Waals surface area contributed by atoms with Crippen LogP contribution in [0.1, 0.15) is 51.3 Å². The predicted octanol–water partition coefficient (Wildman–Crippen LogP) is 2.69. The van der Waals surface area contributed by atoms with Gasteiger partial charge in [0.05, 0.1) is 5.69 Å². The summed E-state index contributed by atoms with van der Waals surface area (Å²) in [6.07, 6.45) is 7.34. The van der Waals surface area contributed by atoms with Gasteiger partial charge >= 0.3 is 0 Å². The third kappa shape index (κ3) is 2.48. The highest BCUT2D eigenvalue weighted by Gasteiger charge is 2.42. The van der Waals surface area contributed by atoms with Crippen LogP contribution < -0.4 is 5.32 Å². The topological polar surface area (TPSA) is 46.9 Å². The van der Waals surface area contributed by atoms with Gasteiger partial charge < -0.3 is 5.32 Å². The molecule has 0 radical (unpaired) electrons. The summed E-state index contributed by atoms with van der Waals surface area (Å²) in [7, 11) is 0. The lowest BCUT2D eigenvalue weighted by molar-refractivity contribution is -0.125. The van der Waals surface area contributed by atoms with Gasteiger partial charge in [-0.25, -0.2) is 0 Å². The van der Waals surface area contributed by atoms with Crippen LogP contribution in [0.4, 0.5) is 0 Å². The number of amides is 1. The molecule has 4 heteroatoms. The molecule has 5 atom stereocenters. The average molecular weight is 275 g/mol. The summed E-state index contributed by atoms with van der Waals surface area (Å²) in [6.45, 7) is 6.03. The van der Waals surface area contributed by atoms with E-state index in [1.54, 1.807) is 4.68 Å². The number of rotatable bonds is 4. The first-order chi connectivity index (χ1) is 9.54. The van der Waals surface area contributed by atoms with Gasteiger partial charge in [0.2, 0.25) is 5.91 Å². The molecule has 1 heterocycles. The molecule has 2 aliphatic rings. The van der Waals surface area contributed by atoms with Gasteiger partial charge in [-0.1, -0.05) is 6.42 Å². The van der Waals surface area contributed by atoms with Crippen molar-refractivity contribution in [2.45, 2.75) is 58.5 Å². The van der Waals surface area contributed by atoms with E-state index in [1.807, 2.05) is 26.1 Å². The molecule has 0 aliphatic heterocycles. The third-order valence-electron chi connectivity index (χ3n) is 5.32. The third-order valence-corrected chi connectivity index (χ3v) is 5.32. The lowest BCUT2D eigenvalue weighted by atomic mass is 9.84. The fourth-order valence-corrected chi connectivity index (χ4v) is 4.13. The molecule has 1 aromatic rings. The lowest BCUT2D eigenvalue weighted by Gasteiger charge is -2.29. The Balaban J connectivity index is 1.58. The van der Waals surface area contributed by atoms with Crippen LogP contribution in [0.3, 0.4) is 0 Å². The molecule has 0 saturated heterocycles. The van der Waals surface area contributed by atoms with Gasteiger partial charge in [0.15, 0.2) is 0 Å². The molecule has 1 aromatic heterocycles. The molecule has 20 heavy (non-hydrogen) atoms. The zero-order valence-electron chi connectivity index (χ0n) is 12.7. The minimum Gasteiger partial charge on any atom is -0.352 e. The zero-order chi connectivity index (χ0) is 14.3. The summed E-state index contributed by atoms with van der Waals surface area (Å²) in [5.74, 6) is 2.54. The fraction of sp³-hybridized carbons (Fsp3) is 0.750. The van der Waals surface area contributed by atoms with Crippen molar-refractivity contribution in [1.82, 2.24) is 15.1 Å². The second kappa shape index (κ2) is 5.23. The quantitative estimate of drug-likeness (QED) is 0.918. The number of hydrogen-bond donors (Lipinski definition) is 1. The van der Waals surface area contributed by atoms with E-state index in [2.05, 4.69) is 17.3 Å². The Bertz CT molecular complexity index is 496. The van der Waals surface area contributed by atoms with Gasteiger partial charge in [-0.2, -0.15) is 5.10 Å². The first-order valence-electron chi connectivity index (χ1n) is 7.86. The van der Waals surface area contributed by atoms with Crippen LogP contribution in [0.25, 0.3) is 0 Å². The number of nitrogens with one attached hydrogen (secondary N) is 1. The second-order valence-corrected chi connectivity index (χ2v) is 6.75. The molecular weight excluding hydrogens is 250 g/mol. The first kappa shape index (κ1) is 13.7. The molecule has 2 saturated carbocycles. The number of fused-ring (bicyclic) bond motifs is 2. The summed E-state index contributed by atoms with van der Waals surface area (Å²) in [4.78, 5) is 12.4. The number of carbonyl (C=O) groups excluding carboxylic acids is 1. The van der Waals surface area contributed by atoms with Crippen LogP contribution in [0, 0.1) is 24.7 Å². The molecule has 2 aliphatic carbocycles. The molecule has 110 valence electrons. The maximum absolute atomic E-state index is 12.4. The van der Waals surface area contributed by atoms with Gasteiger partial charge in [-0.3, -0.25) is 9.48 Å². The zero-order valence-corrected chi connectivity index (χ0v) is 12.7. The Kier molecular flexibility index (Phi) is 3.57. The van der Waals surface area contributed by atoms with E-state index in [1.165, 1.54) is 25.7 Å². The Labute approximate surface area is 120 Å². The molecule has 4 nitrogen and oxygen atoms in total. The van der Waals surface area contributed by atoms with E-state index in [4.69, 9.17) is 0 Å². The molecule has 2 fully saturated rings. The van der Waals surface area contributed by atoms with Gasteiger partial charge in [0, 0.05) is 12.2 Å².